The Bertz CT molecular complexity index is 497. The van der Waals surface area contributed by atoms with Crippen molar-refractivity contribution in [2.24, 2.45) is 5.92 Å². The van der Waals surface area contributed by atoms with Crippen molar-refractivity contribution in [1.82, 2.24) is 15.2 Å². The fraction of sp³-hybridized carbons (Fsp3) is 0.625. The highest BCUT2D eigenvalue weighted by molar-refractivity contribution is 5.74. The third-order valence-electron chi connectivity index (χ3n) is 4.46. The van der Waals surface area contributed by atoms with Gasteiger partial charge in [0.25, 0.3) is 0 Å². The number of fused-ring (bicyclic) bond motifs is 1. The highest BCUT2D eigenvalue weighted by Gasteiger charge is 2.42. The van der Waals surface area contributed by atoms with E-state index in [4.69, 9.17) is 9.47 Å². The zero-order chi connectivity index (χ0) is 15.4. The van der Waals surface area contributed by atoms with E-state index in [1.54, 1.807) is 19.5 Å². The molecule has 1 aromatic rings. The molecule has 2 heterocycles. The van der Waals surface area contributed by atoms with Crippen LogP contribution in [-0.2, 0) is 16.0 Å². The molecule has 0 bridgehead atoms. The van der Waals surface area contributed by atoms with Crippen molar-refractivity contribution in [2.75, 3.05) is 26.9 Å². The number of aromatic nitrogens is 1. The number of urea groups is 1. The van der Waals surface area contributed by atoms with Gasteiger partial charge in [0.1, 0.15) is 0 Å². The number of carbonyl (C=O) groups is 1. The average molecular weight is 305 g/mol. The Morgan fingerprint density at radius 2 is 2.45 bits per heavy atom. The number of nitrogens with one attached hydrogen (secondary N) is 1. The fourth-order valence-corrected chi connectivity index (χ4v) is 3.46. The summed E-state index contributed by atoms with van der Waals surface area (Å²) in [6.07, 6.45) is 5.58. The quantitative estimate of drug-likeness (QED) is 0.914. The van der Waals surface area contributed by atoms with Crippen molar-refractivity contribution < 1.29 is 14.3 Å². The number of hydrogen-bond donors (Lipinski definition) is 1. The topological polar surface area (TPSA) is 63.7 Å². The first kappa shape index (κ1) is 15.2. The Hall–Kier alpha value is -1.66. The Kier molecular flexibility index (Phi) is 4.90. The lowest BCUT2D eigenvalue weighted by molar-refractivity contribution is -0.0388. The Morgan fingerprint density at radius 3 is 3.23 bits per heavy atom. The van der Waals surface area contributed by atoms with Crippen LogP contribution >= 0.6 is 0 Å². The summed E-state index contributed by atoms with van der Waals surface area (Å²) in [5.74, 6) is 0.478. The second-order valence-corrected chi connectivity index (χ2v) is 5.98. The van der Waals surface area contributed by atoms with Crippen molar-refractivity contribution >= 4 is 6.03 Å². The zero-order valence-corrected chi connectivity index (χ0v) is 12.9. The molecule has 0 radical (unpaired) electrons. The normalized spacial score (nSPS) is 27.5. The van der Waals surface area contributed by atoms with Crippen molar-refractivity contribution in [1.29, 1.82) is 0 Å². The maximum atomic E-state index is 12.5. The largest absolute Gasteiger partial charge is 0.384 e. The number of methoxy groups -OCH3 is 1. The van der Waals surface area contributed by atoms with E-state index in [9.17, 15) is 4.79 Å². The van der Waals surface area contributed by atoms with Gasteiger partial charge >= 0.3 is 6.03 Å². The number of carbonyl (C=O) groups excluding carboxylic acids is 1. The first-order chi connectivity index (χ1) is 10.8. The smallest absolute Gasteiger partial charge is 0.318 e. The van der Waals surface area contributed by atoms with Crippen LogP contribution in [-0.4, -0.2) is 54.9 Å². The first-order valence-corrected chi connectivity index (χ1v) is 7.82. The second-order valence-electron chi connectivity index (χ2n) is 5.98. The minimum Gasteiger partial charge on any atom is -0.384 e. The minimum atomic E-state index is -0.0137. The number of ether oxygens (including phenoxy) is 2. The van der Waals surface area contributed by atoms with Gasteiger partial charge in [-0.15, -0.1) is 0 Å². The predicted octanol–water partition coefficient (Wildman–Crippen LogP) is 1.42. The molecule has 1 saturated heterocycles. The van der Waals surface area contributed by atoms with Gasteiger partial charge in [-0.25, -0.2) is 4.79 Å². The summed E-state index contributed by atoms with van der Waals surface area (Å²) in [7, 11) is 1.72. The van der Waals surface area contributed by atoms with Crippen LogP contribution in [0.1, 0.15) is 18.4 Å². The molecule has 1 aliphatic heterocycles. The van der Waals surface area contributed by atoms with Crippen LogP contribution in [0.4, 0.5) is 4.79 Å². The summed E-state index contributed by atoms with van der Waals surface area (Å²) >= 11 is 0. The summed E-state index contributed by atoms with van der Waals surface area (Å²) in [4.78, 5) is 18.5. The van der Waals surface area contributed by atoms with Gasteiger partial charge in [-0.3, -0.25) is 4.98 Å². The third kappa shape index (κ3) is 3.39. The van der Waals surface area contributed by atoms with Gasteiger partial charge in [0.05, 0.1) is 18.8 Å². The molecule has 22 heavy (non-hydrogen) atoms. The van der Waals surface area contributed by atoms with Crippen molar-refractivity contribution in [3.05, 3.63) is 30.1 Å². The summed E-state index contributed by atoms with van der Waals surface area (Å²) in [6, 6.07) is 3.99. The number of morpholine rings is 1. The number of pyridine rings is 1. The van der Waals surface area contributed by atoms with E-state index in [1.165, 1.54) is 0 Å². The lowest BCUT2D eigenvalue weighted by Gasteiger charge is -2.37. The van der Waals surface area contributed by atoms with Crippen molar-refractivity contribution in [2.45, 2.75) is 31.5 Å². The van der Waals surface area contributed by atoms with E-state index in [-0.39, 0.29) is 18.2 Å². The van der Waals surface area contributed by atoms with E-state index in [2.05, 4.69) is 10.3 Å². The monoisotopic (exact) mass is 305 g/mol. The fourth-order valence-electron chi connectivity index (χ4n) is 3.46. The minimum absolute atomic E-state index is 0.0137. The predicted molar refractivity (Wildman–Crippen MR) is 81.3 cm³/mol. The number of hydrogen-bond acceptors (Lipinski definition) is 4. The molecule has 120 valence electrons. The van der Waals surface area contributed by atoms with Crippen LogP contribution < -0.4 is 5.32 Å². The number of rotatable bonds is 4. The zero-order valence-electron chi connectivity index (χ0n) is 12.9. The lowest BCUT2D eigenvalue weighted by Crippen LogP contribution is -2.54. The molecule has 0 spiro atoms. The van der Waals surface area contributed by atoms with Crippen LogP contribution in [0.15, 0.2) is 24.5 Å². The summed E-state index contributed by atoms with van der Waals surface area (Å²) in [6.45, 7) is 2.51. The molecule has 0 unspecified atom stereocenters. The van der Waals surface area contributed by atoms with E-state index in [0.717, 1.165) is 25.0 Å². The average Bonchev–Trinajstić information content (AvgIpc) is 2.96. The van der Waals surface area contributed by atoms with Crippen molar-refractivity contribution in [3.8, 4) is 0 Å². The molecule has 2 aliphatic rings. The van der Waals surface area contributed by atoms with Gasteiger partial charge in [0, 0.05) is 39.2 Å². The molecule has 6 nitrogen and oxygen atoms in total. The maximum absolute atomic E-state index is 12.5. The molecular formula is C16H23N3O3. The molecule has 2 amide bonds. The summed E-state index contributed by atoms with van der Waals surface area (Å²) in [5.41, 5.74) is 1.00. The molecule has 6 heteroatoms. The van der Waals surface area contributed by atoms with E-state index in [1.807, 2.05) is 17.0 Å². The third-order valence-corrected chi connectivity index (χ3v) is 4.46. The Morgan fingerprint density at radius 1 is 1.55 bits per heavy atom. The molecular weight excluding hydrogens is 282 g/mol. The van der Waals surface area contributed by atoms with E-state index in [0.29, 0.717) is 25.6 Å². The van der Waals surface area contributed by atoms with E-state index >= 15 is 0 Å². The molecule has 1 aliphatic carbocycles. The highest BCUT2D eigenvalue weighted by Crippen LogP contribution is 2.34. The molecule has 2 fully saturated rings. The number of nitrogens with zero attached hydrogens (tertiary/aromatic N) is 2. The molecule has 3 rings (SSSR count). The highest BCUT2D eigenvalue weighted by atomic mass is 16.5. The standard InChI is InChI=1S/C16H23N3O3/c1-21-11-13-7-14-15(8-13)22-6-5-19(14)16(20)18-10-12-3-2-4-17-9-12/h2-4,9,13-15H,5-8,10-11H2,1H3,(H,18,20)/t13-,14-,15+/m0/s1. The summed E-state index contributed by atoms with van der Waals surface area (Å²) < 4.78 is 11.1. The van der Waals surface area contributed by atoms with Crippen molar-refractivity contribution in [3.63, 3.8) is 0 Å². The van der Waals surface area contributed by atoms with Crippen LogP contribution in [0, 0.1) is 5.92 Å². The first-order valence-electron chi connectivity index (χ1n) is 7.82. The van der Waals surface area contributed by atoms with Gasteiger partial charge in [0.2, 0.25) is 0 Å². The maximum Gasteiger partial charge on any atom is 0.318 e. The van der Waals surface area contributed by atoms with Crippen LogP contribution in [0.5, 0.6) is 0 Å². The van der Waals surface area contributed by atoms with Gasteiger partial charge in [-0.1, -0.05) is 6.07 Å². The molecule has 3 atom stereocenters. The lowest BCUT2D eigenvalue weighted by atomic mass is 10.1. The van der Waals surface area contributed by atoms with Crippen LogP contribution in [0.3, 0.4) is 0 Å². The molecule has 1 N–H and O–H groups in total. The second kappa shape index (κ2) is 7.07. The SMILES string of the molecule is COC[C@@H]1C[C@H]2OCCN(C(=O)NCc3cccnc3)[C@H]2C1. The number of amides is 2. The van der Waals surface area contributed by atoms with E-state index < -0.39 is 0 Å². The van der Waals surface area contributed by atoms with Gasteiger partial charge < -0.3 is 19.7 Å². The van der Waals surface area contributed by atoms with Gasteiger partial charge in [-0.05, 0) is 30.4 Å². The molecule has 0 aromatic carbocycles. The summed E-state index contributed by atoms with van der Waals surface area (Å²) in [5, 5.41) is 2.99. The van der Waals surface area contributed by atoms with Crippen LogP contribution in [0.25, 0.3) is 0 Å². The molecule has 1 aromatic heterocycles. The molecule has 1 saturated carbocycles. The Labute approximate surface area is 130 Å². The van der Waals surface area contributed by atoms with Gasteiger partial charge in [-0.2, -0.15) is 0 Å². The Balaban J connectivity index is 1.57. The van der Waals surface area contributed by atoms with Crippen LogP contribution in [0.2, 0.25) is 0 Å². The van der Waals surface area contributed by atoms with Gasteiger partial charge in [0.15, 0.2) is 0 Å².